The molecule has 1 N–H and O–H groups in total. The minimum Gasteiger partial charge on any atom is -0.383 e. The Hall–Kier alpha value is -2.00. The molecule has 2 nitrogen and oxygen atoms in total. The number of hydrogen-bond donors (Lipinski definition) is 1. The number of halogens is 2. The number of nitrogens with one attached hydrogen (secondary N) is 1. The summed E-state index contributed by atoms with van der Waals surface area (Å²) in [4.78, 5) is 0. The van der Waals surface area contributed by atoms with Crippen LogP contribution in [-0.2, 0) is 6.54 Å². The molecule has 0 saturated carbocycles. The van der Waals surface area contributed by atoms with Gasteiger partial charge in [0.15, 0.2) is 0 Å². The van der Waals surface area contributed by atoms with E-state index in [0.717, 1.165) is 29.3 Å². The van der Waals surface area contributed by atoms with Crippen LogP contribution in [0.25, 0.3) is 10.9 Å². The zero-order valence-electron chi connectivity index (χ0n) is 10.8. The summed E-state index contributed by atoms with van der Waals surface area (Å²) in [5.74, 6) is -0.174. The summed E-state index contributed by atoms with van der Waals surface area (Å²) in [6.07, 6.45) is 1.91. The van der Waals surface area contributed by atoms with Crippen molar-refractivity contribution >= 4 is 28.2 Å². The Kier molecular flexibility index (Phi) is 3.61. The molecule has 0 unspecified atom stereocenters. The predicted octanol–water partition coefficient (Wildman–Crippen LogP) is 4.55. The minimum atomic E-state index is -0.174. The van der Waals surface area contributed by atoms with E-state index in [-0.39, 0.29) is 5.82 Å². The van der Waals surface area contributed by atoms with Crippen molar-refractivity contribution in [2.75, 3.05) is 11.9 Å². The van der Waals surface area contributed by atoms with E-state index in [1.54, 1.807) is 6.07 Å². The highest BCUT2D eigenvalue weighted by Crippen LogP contribution is 2.19. The molecule has 1 heterocycles. The van der Waals surface area contributed by atoms with Crippen molar-refractivity contribution < 1.29 is 4.39 Å². The number of anilines is 1. The van der Waals surface area contributed by atoms with E-state index < -0.39 is 0 Å². The third kappa shape index (κ3) is 2.63. The van der Waals surface area contributed by atoms with Crippen molar-refractivity contribution in [3.63, 3.8) is 0 Å². The van der Waals surface area contributed by atoms with Crippen LogP contribution in [0.4, 0.5) is 10.1 Å². The van der Waals surface area contributed by atoms with Crippen LogP contribution in [0.15, 0.2) is 54.7 Å². The third-order valence-electron chi connectivity index (χ3n) is 3.29. The fraction of sp³-hybridized carbons (Fsp3) is 0.125. The number of nitrogens with zero attached hydrogens (tertiary/aromatic N) is 1. The van der Waals surface area contributed by atoms with E-state index in [4.69, 9.17) is 11.6 Å². The van der Waals surface area contributed by atoms with E-state index in [2.05, 4.69) is 5.32 Å². The maximum atomic E-state index is 13.6. The summed E-state index contributed by atoms with van der Waals surface area (Å²) < 4.78 is 15.6. The van der Waals surface area contributed by atoms with Gasteiger partial charge in [-0.1, -0.05) is 17.7 Å². The highest BCUT2D eigenvalue weighted by molar-refractivity contribution is 6.30. The van der Waals surface area contributed by atoms with Gasteiger partial charge in [0.2, 0.25) is 0 Å². The molecule has 0 spiro atoms. The monoisotopic (exact) mass is 288 g/mol. The van der Waals surface area contributed by atoms with E-state index in [1.165, 1.54) is 6.07 Å². The fourth-order valence-electron chi connectivity index (χ4n) is 2.27. The largest absolute Gasteiger partial charge is 0.383 e. The Balaban J connectivity index is 1.68. The molecule has 0 aliphatic heterocycles. The van der Waals surface area contributed by atoms with Gasteiger partial charge in [-0.25, -0.2) is 4.39 Å². The van der Waals surface area contributed by atoms with Gasteiger partial charge in [0.25, 0.3) is 0 Å². The molecular formula is C16H14ClFN2. The lowest BCUT2D eigenvalue weighted by atomic mass is 10.2. The van der Waals surface area contributed by atoms with Gasteiger partial charge in [0, 0.05) is 35.4 Å². The molecule has 1 aromatic heterocycles. The lowest BCUT2D eigenvalue weighted by Gasteiger charge is -2.08. The minimum absolute atomic E-state index is 0.174. The van der Waals surface area contributed by atoms with E-state index in [1.807, 2.05) is 47.2 Å². The molecule has 0 atom stereocenters. The molecule has 0 fully saturated rings. The molecule has 20 heavy (non-hydrogen) atoms. The number of fused-ring (bicyclic) bond motifs is 1. The second kappa shape index (κ2) is 5.55. The van der Waals surface area contributed by atoms with Crippen LogP contribution in [-0.4, -0.2) is 11.1 Å². The van der Waals surface area contributed by atoms with Gasteiger partial charge < -0.3 is 9.88 Å². The standard InChI is InChI=1S/C16H14ClFN2/c17-12-4-6-13(7-5-12)19-9-11-20-10-8-14-15(18)2-1-3-16(14)20/h1-8,10,19H,9,11H2. The van der Waals surface area contributed by atoms with Crippen LogP contribution >= 0.6 is 11.6 Å². The number of rotatable bonds is 4. The van der Waals surface area contributed by atoms with Crippen LogP contribution in [0.2, 0.25) is 5.02 Å². The number of hydrogen-bond acceptors (Lipinski definition) is 1. The van der Waals surface area contributed by atoms with Gasteiger partial charge >= 0.3 is 0 Å². The number of benzene rings is 2. The Morgan fingerprint density at radius 3 is 2.65 bits per heavy atom. The van der Waals surface area contributed by atoms with E-state index in [9.17, 15) is 4.39 Å². The first-order chi connectivity index (χ1) is 9.74. The summed E-state index contributed by atoms with van der Waals surface area (Å²) in [6.45, 7) is 1.54. The second-order valence-corrected chi connectivity index (χ2v) is 5.05. The van der Waals surface area contributed by atoms with Crippen LogP contribution < -0.4 is 5.32 Å². The molecule has 0 aliphatic rings. The van der Waals surface area contributed by atoms with E-state index >= 15 is 0 Å². The average Bonchev–Trinajstić information content (AvgIpc) is 2.86. The van der Waals surface area contributed by atoms with Gasteiger partial charge in [-0.15, -0.1) is 0 Å². The third-order valence-corrected chi connectivity index (χ3v) is 3.54. The summed E-state index contributed by atoms with van der Waals surface area (Å²) in [7, 11) is 0. The maximum absolute atomic E-state index is 13.6. The zero-order chi connectivity index (χ0) is 13.9. The quantitative estimate of drug-likeness (QED) is 0.745. The van der Waals surface area contributed by atoms with Crippen molar-refractivity contribution in [1.29, 1.82) is 0 Å². The molecule has 0 saturated heterocycles. The van der Waals surface area contributed by atoms with Crippen LogP contribution in [0.5, 0.6) is 0 Å². The maximum Gasteiger partial charge on any atom is 0.132 e. The van der Waals surface area contributed by atoms with Crippen molar-refractivity contribution in [1.82, 2.24) is 4.57 Å². The lowest BCUT2D eigenvalue weighted by molar-refractivity contribution is 0.639. The molecule has 0 bridgehead atoms. The first kappa shape index (κ1) is 13.0. The summed E-state index contributed by atoms with van der Waals surface area (Å²) in [5.41, 5.74) is 1.94. The van der Waals surface area contributed by atoms with E-state index in [0.29, 0.717) is 5.39 Å². The van der Waals surface area contributed by atoms with Gasteiger partial charge in [-0.2, -0.15) is 0 Å². The smallest absolute Gasteiger partial charge is 0.132 e. The van der Waals surface area contributed by atoms with Crippen molar-refractivity contribution in [3.05, 3.63) is 65.6 Å². The summed E-state index contributed by atoms with van der Waals surface area (Å²) >= 11 is 5.84. The summed E-state index contributed by atoms with van der Waals surface area (Å²) in [6, 6.07) is 14.5. The van der Waals surface area contributed by atoms with Gasteiger partial charge in [-0.05, 0) is 42.5 Å². The topological polar surface area (TPSA) is 17.0 Å². The van der Waals surface area contributed by atoms with Crippen LogP contribution in [0.1, 0.15) is 0 Å². The van der Waals surface area contributed by atoms with Crippen molar-refractivity contribution in [3.8, 4) is 0 Å². The summed E-state index contributed by atoms with van der Waals surface area (Å²) in [5, 5.41) is 4.71. The Labute approximate surface area is 121 Å². The van der Waals surface area contributed by atoms with Crippen LogP contribution in [0.3, 0.4) is 0 Å². The Morgan fingerprint density at radius 1 is 1.05 bits per heavy atom. The zero-order valence-corrected chi connectivity index (χ0v) is 11.6. The first-order valence-electron chi connectivity index (χ1n) is 6.47. The van der Waals surface area contributed by atoms with Crippen LogP contribution in [0, 0.1) is 5.82 Å². The Bertz CT molecular complexity index is 719. The molecular weight excluding hydrogens is 275 g/mol. The van der Waals surface area contributed by atoms with Crippen molar-refractivity contribution in [2.45, 2.75) is 6.54 Å². The van der Waals surface area contributed by atoms with Gasteiger partial charge in [0.1, 0.15) is 5.82 Å². The average molecular weight is 289 g/mol. The molecule has 0 amide bonds. The number of aromatic nitrogens is 1. The van der Waals surface area contributed by atoms with Crippen molar-refractivity contribution in [2.24, 2.45) is 0 Å². The molecule has 2 aromatic carbocycles. The Morgan fingerprint density at radius 2 is 1.85 bits per heavy atom. The normalized spacial score (nSPS) is 10.9. The molecule has 3 rings (SSSR count). The molecule has 3 aromatic rings. The first-order valence-corrected chi connectivity index (χ1v) is 6.84. The fourth-order valence-corrected chi connectivity index (χ4v) is 2.40. The SMILES string of the molecule is Fc1cccc2c1ccn2CCNc1ccc(Cl)cc1. The molecule has 4 heteroatoms. The lowest BCUT2D eigenvalue weighted by Crippen LogP contribution is -2.09. The molecule has 102 valence electrons. The molecule has 0 aliphatic carbocycles. The highest BCUT2D eigenvalue weighted by atomic mass is 35.5. The second-order valence-electron chi connectivity index (χ2n) is 4.62. The highest BCUT2D eigenvalue weighted by Gasteiger charge is 2.04. The van der Waals surface area contributed by atoms with Gasteiger partial charge in [-0.3, -0.25) is 0 Å². The van der Waals surface area contributed by atoms with Gasteiger partial charge in [0.05, 0.1) is 5.52 Å². The molecule has 0 radical (unpaired) electrons. The predicted molar refractivity (Wildman–Crippen MR) is 81.8 cm³/mol.